The molecule has 0 bridgehead atoms. The second kappa shape index (κ2) is 5.48. The Morgan fingerprint density at radius 1 is 1.10 bits per heavy atom. The molecule has 5 nitrogen and oxygen atoms in total. The van der Waals surface area contributed by atoms with Crippen LogP contribution in [0, 0.1) is 5.95 Å². The SMILES string of the molecule is CN(C(=O)c1ccc(F)nc1)c1ccc(C(=O)O)cc1. The third kappa shape index (κ3) is 2.80. The highest BCUT2D eigenvalue weighted by Gasteiger charge is 2.14. The van der Waals surface area contributed by atoms with Crippen molar-refractivity contribution in [1.82, 2.24) is 4.98 Å². The number of carboxylic acid groups (broad SMARTS) is 1. The normalized spacial score (nSPS) is 10.1. The van der Waals surface area contributed by atoms with E-state index in [2.05, 4.69) is 4.98 Å². The van der Waals surface area contributed by atoms with E-state index in [9.17, 15) is 14.0 Å². The lowest BCUT2D eigenvalue weighted by Gasteiger charge is -2.17. The summed E-state index contributed by atoms with van der Waals surface area (Å²) in [6, 6.07) is 8.31. The zero-order chi connectivity index (χ0) is 14.7. The largest absolute Gasteiger partial charge is 0.478 e. The summed E-state index contributed by atoms with van der Waals surface area (Å²) in [7, 11) is 1.54. The minimum Gasteiger partial charge on any atom is -0.478 e. The number of nitrogens with zero attached hydrogens (tertiary/aromatic N) is 2. The van der Waals surface area contributed by atoms with E-state index in [1.165, 1.54) is 35.2 Å². The summed E-state index contributed by atoms with van der Waals surface area (Å²) in [4.78, 5) is 27.6. The molecule has 0 unspecified atom stereocenters. The fraction of sp³-hybridized carbons (Fsp3) is 0.0714. The van der Waals surface area contributed by atoms with Crippen LogP contribution < -0.4 is 4.90 Å². The van der Waals surface area contributed by atoms with Crippen molar-refractivity contribution < 1.29 is 19.1 Å². The zero-order valence-corrected chi connectivity index (χ0v) is 10.6. The van der Waals surface area contributed by atoms with E-state index < -0.39 is 11.9 Å². The van der Waals surface area contributed by atoms with Gasteiger partial charge < -0.3 is 10.0 Å². The van der Waals surface area contributed by atoms with Gasteiger partial charge in [-0.1, -0.05) is 0 Å². The molecule has 102 valence electrons. The Balaban J connectivity index is 2.22. The van der Waals surface area contributed by atoms with E-state index >= 15 is 0 Å². The van der Waals surface area contributed by atoms with Crippen LogP contribution in [0.25, 0.3) is 0 Å². The molecule has 0 aliphatic heterocycles. The number of carboxylic acids is 1. The Bertz CT molecular complexity index is 638. The van der Waals surface area contributed by atoms with E-state index in [0.29, 0.717) is 5.69 Å². The molecular weight excluding hydrogens is 263 g/mol. The molecule has 0 aliphatic carbocycles. The first kappa shape index (κ1) is 13.7. The van der Waals surface area contributed by atoms with Gasteiger partial charge in [0.25, 0.3) is 5.91 Å². The molecule has 0 spiro atoms. The maximum atomic E-state index is 12.7. The molecule has 0 saturated heterocycles. The van der Waals surface area contributed by atoms with Gasteiger partial charge in [-0.25, -0.2) is 9.78 Å². The maximum absolute atomic E-state index is 12.7. The number of aromatic carboxylic acids is 1. The van der Waals surface area contributed by atoms with E-state index in [-0.39, 0.29) is 17.0 Å². The van der Waals surface area contributed by atoms with Gasteiger partial charge >= 0.3 is 5.97 Å². The summed E-state index contributed by atoms with van der Waals surface area (Å²) in [5, 5.41) is 8.80. The van der Waals surface area contributed by atoms with Crippen LogP contribution >= 0.6 is 0 Å². The molecule has 0 fully saturated rings. The summed E-state index contributed by atoms with van der Waals surface area (Å²) in [6.07, 6.45) is 1.15. The number of rotatable bonds is 3. The van der Waals surface area contributed by atoms with Crippen molar-refractivity contribution in [1.29, 1.82) is 0 Å². The van der Waals surface area contributed by atoms with Crippen molar-refractivity contribution in [3.63, 3.8) is 0 Å². The van der Waals surface area contributed by atoms with Crippen molar-refractivity contribution in [2.75, 3.05) is 11.9 Å². The number of benzene rings is 1. The quantitative estimate of drug-likeness (QED) is 0.871. The lowest BCUT2D eigenvalue weighted by atomic mass is 10.2. The van der Waals surface area contributed by atoms with Gasteiger partial charge in [-0.05, 0) is 36.4 Å². The smallest absolute Gasteiger partial charge is 0.335 e. The van der Waals surface area contributed by atoms with Gasteiger partial charge in [0.15, 0.2) is 0 Å². The van der Waals surface area contributed by atoms with E-state index in [0.717, 1.165) is 12.3 Å². The molecule has 1 aromatic carbocycles. The second-order valence-corrected chi connectivity index (χ2v) is 4.09. The molecule has 2 aromatic rings. The minimum atomic E-state index is -1.03. The number of anilines is 1. The van der Waals surface area contributed by atoms with Crippen molar-refractivity contribution in [3.8, 4) is 0 Å². The first-order valence-corrected chi connectivity index (χ1v) is 5.72. The Morgan fingerprint density at radius 2 is 1.70 bits per heavy atom. The zero-order valence-electron chi connectivity index (χ0n) is 10.6. The van der Waals surface area contributed by atoms with E-state index in [4.69, 9.17) is 5.11 Å². The highest BCUT2D eigenvalue weighted by Crippen LogP contribution is 2.16. The predicted molar refractivity (Wildman–Crippen MR) is 70.3 cm³/mol. The number of hydrogen-bond donors (Lipinski definition) is 1. The van der Waals surface area contributed by atoms with E-state index in [1.807, 2.05) is 0 Å². The summed E-state index contributed by atoms with van der Waals surface area (Å²) in [5.74, 6) is -2.05. The molecule has 6 heteroatoms. The standard InChI is InChI=1S/C14H11FN2O3/c1-17(11-5-2-9(3-6-11)14(19)20)13(18)10-4-7-12(15)16-8-10/h2-8H,1H3,(H,19,20). The summed E-state index contributed by atoms with van der Waals surface area (Å²) in [6.45, 7) is 0. The lowest BCUT2D eigenvalue weighted by molar-refractivity contribution is 0.0696. The fourth-order valence-corrected chi connectivity index (χ4v) is 1.64. The molecule has 2 rings (SSSR count). The summed E-state index contributed by atoms with van der Waals surface area (Å²) >= 11 is 0. The third-order valence-electron chi connectivity index (χ3n) is 2.78. The van der Waals surface area contributed by atoms with Crippen LogP contribution in [-0.4, -0.2) is 29.0 Å². The van der Waals surface area contributed by atoms with Crippen LogP contribution in [0.3, 0.4) is 0 Å². The maximum Gasteiger partial charge on any atom is 0.335 e. The monoisotopic (exact) mass is 274 g/mol. The molecule has 0 aliphatic rings. The second-order valence-electron chi connectivity index (χ2n) is 4.09. The molecule has 1 heterocycles. The average molecular weight is 274 g/mol. The van der Waals surface area contributed by atoms with Crippen LogP contribution in [0.15, 0.2) is 42.6 Å². The number of halogens is 1. The minimum absolute atomic E-state index is 0.137. The van der Waals surface area contributed by atoms with Gasteiger partial charge in [0.1, 0.15) is 0 Å². The Labute approximate surface area is 114 Å². The van der Waals surface area contributed by atoms with Crippen molar-refractivity contribution in [2.24, 2.45) is 0 Å². The lowest BCUT2D eigenvalue weighted by Crippen LogP contribution is -2.26. The molecular formula is C14H11FN2O3. The van der Waals surface area contributed by atoms with Crippen molar-refractivity contribution >= 4 is 17.6 Å². The third-order valence-corrected chi connectivity index (χ3v) is 2.78. The van der Waals surface area contributed by atoms with Gasteiger partial charge in [-0.15, -0.1) is 0 Å². The van der Waals surface area contributed by atoms with Crippen LogP contribution in [0.2, 0.25) is 0 Å². The van der Waals surface area contributed by atoms with Crippen LogP contribution in [0.5, 0.6) is 0 Å². The molecule has 20 heavy (non-hydrogen) atoms. The van der Waals surface area contributed by atoms with Crippen molar-refractivity contribution in [3.05, 3.63) is 59.7 Å². The topological polar surface area (TPSA) is 70.5 Å². The number of hydrogen-bond acceptors (Lipinski definition) is 3. The summed E-state index contributed by atoms with van der Waals surface area (Å²) < 4.78 is 12.7. The highest BCUT2D eigenvalue weighted by atomic mass is 19.1. The van der Waals surface area contributed by atoms with Gasteiger partial charge in [-0.2, -0.15) is 4.39 Å². The Morgan fingerprint density at radius 3 is 2.20 bits per heavy atom. The number of carbonyl (C=O) groups excluding carboxylic acids is 1. The van der Waals surface area contributed by atoms with Gasteiger partial charge in [0.2, 0.25) is 5.95 Å². The first-order valence-electron chi connectivity index (χ1n) is 5.72. The number of amides is 1. The molecule has 0 atom stereocenters. The molecule has 0 radical (unpaired) electrons. The van der Waals surface area contributed by atoms with Gasteiger partial charge in [-0.3, -0.25) is 4.79 Å². The highest BCUT2D eigenvalue weighted by molar-refractivity contribution is 6.05. The number of carbonyl (C=O) groups is 2. The Kier molecular flexibility index (Phi) is 3.74. The molecule has 1 amide bonds. The predicted octanol–water partition coefficient (Wildman–Crippen LogP) is 2.20. The first-order chi connectivity index (χ1) is 9.49. The van der Waals surface area contributed by atoms with Crippen LogP contribution in [0.1, 0.15) is 20.7 Å². The van der Waals surface area contributed by atoms with Crippen LogP contribution in [0.4, 0.5) is 10.1 Å². The molecule has 0 saturated carbocycles. The average Bonchev–Trinajstić information content (AvgIpc) is 2.46. The van der Waals surface area contributed by atoms with Crippen molar-refractivity contribution in [2.45, 2.75) is 0 Å². The molecule has 1 aromatic heterocycles. The van der Waals surface area contributed by atoms with Gasteiger partial charge in [0.05, 0.1) is 11.1 Å². The fourth-order valence-electron chi connectivity index (χ4n) is 1.64. The Hall–Kier alpha value is -2.76. The number of pyridine rings is 1. The van der Waals surface area contributed by atoms with Crippen LogP contribution in [-0.2, 0) is 0 Å². The molecule has 1 N–H and O–H groups in total. The van der Waals surface area contributed by atoms with E-state index in [1.54, 1.807) is 7.05 Å². The van der Waals surface area contributed by atoms with Gasteiger partial charge in [0, 0.05) is 18.9 Å². The number of aromatic nitrogens is 1. The summed E-state index contributed by atoms with van der Waals surface area (Å²) in [5.41, 5.74) is 0.915.